The molecule has 6 heteroatoms. The number of nitrogens with one attached hydrogen (secondary N) is 1. The Morgan fingerprint density at radius 2 is 2.00 bits per heavy atom. The van der Waals surface area contributed by atoms with Gasteiger partial charge in [-0.25, -0.2) is 14.5 Å². The molecule has 2 rings (SSSR count). The lowest BCUT2D eigenvalue weighted by Crippen LogP contribution is -2.23. The van der Waals surface area contributed by atoms with E-state index in [9.17, 15) is 4.79 Å². The van der Waals surface area contributed by atoms with Gasteiger partial charge in [0, 0.05) is 5.69 Å². The first-order chi connectivity index (χ1) is 9.44. The molecule has 1 N–H and O–H groups in total. The normalized spacial score (nSPS) is 11.2. The summed E-state index contributed by atoms with van der Waals surface area (Å²) in [7, 11) is 0. The molecule has 0 radical (unpaired) electrons. The van der Waals surface area contributed by atoms with Crippen LogP contribution in [0.15, 0.2) is 36.9 Å². The lowest BCUT2D eigenvalue weighted by molar-refractivity contribution is 0.00696. The smallest absolute Gasteiger partial charge is 0.338 e. The SMILES string of the molecule is CC(C)(C)OC(=O)c1ccc(NCn2cncn2)cc1. The highest BCUT2D eigenvalue weighted by molar-refractivity contribution is 5.90. The van der Waals surface area contributed by atoms with Crippen LogP contribution in [-0.2, 0) is 11.4 Å². The number of carbonyl (C=O) groups excluding carboxylic acids is 1. The first kappa shape index (κ1) is 14.0. The summed E-state index contributed by atoms with van der Waals surface area (Å²) in [5.74, 6) is -0.319. The van der Waals surface area contributed by atoms with Crippen molar-refractivity contribution < 1.29 is 9.53 Å². The maximum atomic E-state index is 11.9. The van der Waals surface area contributed by atoms with Crippen LogP contribution < -0.4 is 5.32 Å². The number of rotatable bonds is 4. The summed E-state index contributed by atoms with van der Waals surface area (Å²) < 4.78 is 6.97. The van der Waals surface area contributed by atoms with Crippen molar-refractivity contribution in [3.8, 4) is 0 Å². The Kier molecular flexibility index (Phi) is 4.02. The summed E-state index contributed by atoms with van der Waals surface area (Å²) in [5.41, 5.74) is 0.945. The fourth-order valence-electron chi connectivity index (χ4n) is 1.55. The van der Waals surface area contributed by atoms with Gasteiger partial charge in [0.1, 0.15) is 24.9 Å². The van der Waals surface area contributed by atoms with Gasteiger partial charge in [-0.2, -0.15) is 5.10 Å². The number of anilines is 1. The van der Waals surface area contributed by atoms with Crippen molar-refractivity contribution >= 4 is 11.7 Å². The highest BCUT2D eigenvalue weighted by atomic mass is 16.6. The van der Waals surface area contributed by atoms with E-state index in [0.29, 0.717) is 12.2 Å². The molecule has 0 amide bonds. The molecule has 0 atom stereocenters. The molecule has 20 heavy (non-hydrogen) atoms. The van der Waals surface area contributed by atoms with E-state index in [1.165, 1.54) is 6.33 Å². The Bertz CT molecular complexity index is 556. The molecule has 0 aliphatic heterocycles. The summed E-state index contributed by atoms with van der Waals surface area (Å²) in [6, 6.07) is 7.13. The quantitative estimate of drug-likeness (QED) is 0.866. The second-order valence-electron chi connectivity index (χ2n) is 5.35. The van der Waals surface area contributed by atoms with E-state index in [-0.39, 0.29) is 5.97 Å². The molecule has 0 aliphatic rings. The van der Waals surface area contributed by atoms with Gasteiger partial charge >= 0.3 is 5.97 Å². The second-order valence-corrected chi connectivity index (χ2v) is 5.35. The van der Waals surface area contributed by atoms with Crippen molar-refractivity contribution in [3.63, 3.8) is 0 Å². The van der Waals surface area contributed by atoms with Crippen LogP contribution in [0.5, 0.6) is 0 Å². The molecule has 0 saturated carbocycles. The number of hydrogen-bond donors (Lipinski definition) is 1. The van der Waals surface area contributed by atoms with Gasteiger partial charge in [0.15, 0.2) is 0 Å². The molecule has 0 aliphatic carbocycles. The van der Waals surface area contributed by atoms with Gasteiger partial charge < -0.3 is 10.1 Å². The Balaban J connectivity index is 1.94. The highest BCUT2D eigenvalue weighted by Gasteiger charge is 2.17. The fourth-order valence-corrected chi connectivity index (χ4v) is 1.55. The molecule has 6 nitrogen and oxygen atoms in total. The van der Waals surface area contributed by atoms with E-state index in [1.54, 1.807) is 23.1 Å². The van der Waals surface area contributed by atoms with Crippen molar-refractivity contribution in [2.24, 2.45) is 0 Å². The molecular formula is C14H18N4O2. The van der Waals surface area contributed by atoms with Gasteiger partial charge in [-0.1, -0.05) is 0 Å². The summed E-state index contributed by atoms with van der Waals surface area (Å²) in [6.07, 6.45) is 3.11. The Hall–Kier alpha value is -2.37. The number of aromatic nitrogens is 3. The third-order valence-electron chi connectivity index (χ3n) is 2.43. The number of benzene rings is 1. The maximum absolute atomic E-state index is 11.9. The molecule has 0 bridgehead atoms. The van der Waals surface area contributed by atoms with E-state index in [4.69, 9.17) is 4.74 Å². The predicted molar refractivity (Wildman–Crippen MR) is 75.3 cm³/mol. The van der Waals surface area contributed by atoms with Gasteiger partial charge in [-0.3, -0.25) is 0 Å². The van der Waals surface area contributed by atoms with Gasteiger partial charge in [0.2, 0.25) is 0 Å². The largest absolute Gasteiger partial charge is 0.456 e. The minimum atomic E-state index is -0.485. The molecule has 1 aromatic carbocycles. The fraction of sp³-hybridized carbons (Fsp3) is 0.357. The monoisotopic (exact) mass is 274 g/mol. The van der Waals surface area contributed by atoms with Crippen LogP contribution in [0.25, 0.3) is 0 Å². The van der Waals surface area contributed by atoms with Crippen LogP contribution in [0, 0.1) is 0 Å². The number of hydrogen-bond acceptors (Lipinski definition) is 5. The summed E-state index contributed by atoms with van der Waals surface area (Å²) in [4.78, 5) is 15.7. The number of ether oxygens (including phenoxy) is 1. The van der Waals surface area contributed by atoms with Crippen LogP contribution in [0.1, 0.15) is 31.1 Å². The van der Waals surface area contributed by atoms with Crippen LogP contribution >= 0.6 is 0 Å². The van der Waals surface area contributed by atoms with E-state index < -0.39 is 5.60 Å². The Morgan fingerprint density at radius 1 is 1.30 bits per heavy atom. The van der Waals surface area contributed by atoms with Crippen LogP contribution in [0.2, 0.25) is 0 Å². The van der Waals surface area contributed by atoms with Crippen molar-refractivity contribution in [3.05, 3.63) is 42.5 Å². The topological polar surface area (TPSA) is 69.0 Å². The van der Waals surface area contributed by atoms with Gasteiger partial charge in [0.25, 0.3) is 0 Å². The lowest BCUT2D eigenvalue weighted by atomic mass is 10.1. The standard InChI is InChI=1S/C14H18N4O2/c1-14(2,3)20-13(19)11-4-6-12(7-5-11)16-10-18-9-15-8-17-18/h4-9,16H,10H2,1-3H3. The van der Waals surface area contributed by atoms with Gasteiger partial charge in [-0.15, -0.1) is 0 Å². The van der Waals surface area contributed by atoms with Crippen LogP contribution in [0.3, 0.4) is 0 Å². The van der Waals surface area contributed by atoms with Gasteiger partial charge in [-0.05, 0) is 45.0 Å². The molecule has 0 saturated heterocycles. The zero-order valence-corrected chi connectivity index (χ0v) is 11.8. The molecule has 1 aromatic heterocycles. The van der Waals surface area contributed by atoms with E-state index in [2.05, 4.69) is 15.4 Å². The Labute approximate surface area is 117 Å². The molecule has 0 spiro atoms. The molecule has 0 fully saturated rings. The van der Waals surface area contributed by atoms with E-state index in [0.717, 1.165) is 5.69 Å². The number of carbonyl (C=O) groups is 1. The molecule has 2 aromatic rings. The van der Waals surface area contributed by atoms with Crippen LogP contribution in [-0.4, -0.2) is 26.3 Å². The number of nitrogens with zero attached hydrogens (tertiary/aromatic N) is 3. The van der Waals surface area contributed by atoms with Crippen LogP contribution in [0.4, 0.5) is 5.69 Å². The van der Waals surface area contributed by atoms with Crippen molar-refractivity contribution in [1.29, 1.82) is 0 Å². The average molecular weight is 274 g/mol. The molecular weight excluding hydrogens is 256 g/mol. The Morgan fingerprint density at radius 3 is 2.55 bits per heavy atom. The minimum absolute atomic E-state index is 0.319. The first-order valence-electron chi connectivity index (χ1n) is 6.34. The minimum Gasteiger partial charge on any atom is -0.456 e. The average Bonchev–Trinajstić information content (AvgIpc) is 2.88. The lowest BCUT2D eigenvalue weighted by Gasteiger charge is -2.19. The molecule has 106 valence electrons. The summed E-state index contributed by atoms with van der Waals surface area (Å²) in [6.45, 7) is 6.06. The predicted octanol–water partition coefficient (Wildman–Crippen LogP) is 2.30. The highest BCUT2D eigenvalue weighted by Crippen LogP contribution is 2.14. The van der Waals surface area contributed by atoms with E-state index in [1.807, 2.05) is 32.9 Å². The maximum Gasteiger partial charge on any atom is 0.338 e. The molecule has 0 unspecified atom stereocenters. The summed E-state index contributed by atoms with van der Waals surface area (Å²) >= 11 is 0. The van der Waals surface area contributed by atoms with Crippen molar-refractivity contribution in [1.82, 2.24) is 14.8 Å². The number of esters is 1. The van der Waals surface area contributed by atoms with E-state index >= 15 is 0 Å². The second kappa shape index (κ2) is 5.73. The third-order valence-corrected chi connectivity index (χ3v) is 2.43. The zero-order chi connectivity index (χ0) is 14.6. The zero-order valence-electron chi connectivity index (χ0n) is 11.8. The summed E-state index contributed by atoms with van der Waals surface area (Å²) in [5, 5.41) is 7.16. The van der Waals surface area contributed by atoms with Gasteiger partial charge in [0.05, 0.1) is 5.56 Å². The van der Waals surface area contributed by atoms with Crippen molar-refractivity contribution in [2.45, 2.75) is 33.0 Å². The van der Waals surface area contributed by atoms with Crippen molar-refractivity contribution in [2.75, 3.05) is 5.32 Å². The third kappa shape index (κ3) is 4.08. The molecule has 1 heterocycles. The first-order valence-corrected chi connectivity index (χ1v) is 6.34.